The van der Waals surface area contributed by atoms with Gasteiger partial charge < -0.3 is 5.32 Å². The van der Waals surface area contributed by atoms with E-state index in [1.54, 1.807) is 11.3 Å². The highest BCUT2D eigenvalue weighted by molar-refractivity contribution is 7.09. The van der Waals surface area contributed by atoms with Crippen LogP contribution in [0.15, 0.2) is 24.2 Å². The van der Waals surface area contributed by atoms with E-state index < -0.39 is 0 Å². The van der Waals surface area contributed by atoms with E-state index in [2.05, 4.69) is 29.2 Å². The van der Waals surface area contributed by atoms with Crippen LogP contribution in [-0.2, 0) is 0 Å². The van der Waals surface area contributed by atoms with Crippen molar-refractivity contribution in [2.45, 2.75) is 44.7 Å². The zero-order valence-electron chi connectivity index (χ0n) is 9.86. The summed E-state index contributed by atoms with van der Waals surface area (Å²) in [5.41, 5.74) is 0. The topological polar surface area (TPSA) is 24.9 Å². The first kappa shape index (κ1) is 11.8. The molecule has 0 radical (unpaired) electrons. The van der Waals surface area contributed by atoms with Gasteiger partial charge in [-0.3, -0.25) is 0 Å². The van der Waals surface area contributed by atoms with Gasteiger partial charge in [-0.2, -0.15) is 0 Å². The summed E-state index contributed by atoms with van der Waals surface area (Å²) in [6.45, 7) is 6.03. The molecule has 1 N–H and O–H groups in total. The Morgan fingerprint density at radius 2 is 2.50 bits per heavy atom. The van der Waals surface area contributed by atoms with E-state index in [1.165, 1.54) is 17.8 Å². The third kappa shape index (κ3) is 3.16. The Hall–Kier alpha value is -0.670. The Balaban J connectivity index is 1.90. The van der Waals surface area contributed by atoms with Crippen LogP contribution >= 0.6 is 11.3 Å². The molecule has 1 aromatic rings. The van der Waals surface area contributed by atoms with Crippen molar-refractivity contribution in [2.75, 3.05) is 0 Å². The number of nitrogens with one attached hydrogen (secondary N) is 1. The number of hydrogen-bond acceptors (Lipinski definition) is 3. The lowest BCUT2D eigenvalue weighted by molar-refractivity contribution is 0.404. The minimum absolute atomic E-state index is 0.486. The molecule has 2 nitrogen and oxygen atoms in total. The van der Waals surface area contributed by atoms with Gasteiger partial charge in [-0.05, 0) is 38.5 Å². The summed E-state index contributed by atoms with van der Waals surface area (Å²) >= 11 is 1.77. The Bertz CT molecular complexity index is 317. The Morgan fingerprint density at radius 3 is 3.06 bits per heavy atom. The molecule has 0 aromatic carbocycles. The van der Waals surface area contributed by atoms with Crippen molar-refractivity contribution in [3.8, 4) is 0 Å². The van der Waals surface area contributed by atoms with Crippen LogP contribution in [-0.4, -0.2) is 11.0 Å². The molecule has 0 amide bonds. The van der Waals surface area contributed by atoms with Crippen molar-refractivity contribution < 1.29 is 0 Å². The van der Waals surface area contributed by atoms with Gasteiger partial charge in [0.1, 0.15) is 5.01 Å². The molecule has 2 rings (SSSR count). The number of nitrogens with zero attached hydrogens (tertiary/aromatic N) is 1. The van der Waals surface area contributed by atoms with E-state index in [9.17, 15) is 0 Å². The lowest BCUT2D eigenvalue weighted by Crippen LogP contribution is -2.31. The number of thiazole rings is 1. The second-order valence-corrected chi connectivity index (χ2v) is 5.55. The minimum Gasteiger partial charge on any atom is -0.305 e. The number of hydrogen-bond donors (Lipinski definition) is 1. The van der Waals surface area contributed by atoms with Crippen LogP contribution in [0.25, 0.3) is 0 Å². The first-order chi connectivity index (χ1) is 7.81. The summed E-state index contributed by atoms with van der Waals surface area (Å²) < 4.78 is 0. The third-order valence-electron chi connectivity index (χ3n) is 3.08. The average molecular weight is 236 g/mol. The van der Waals surface area contributed by atoms with Gasteiger partial charge in [-0.1, -0.05) is 6.08 Å². The van der Waals surface area contributed by atoms with E-state index in [4.69, 9.17) is 0 Å². The zero-order chi connectivity index (χ0) is 11.4. The Kier molecular flexibility index (Phi) is 4.13. The number of aromatic nitrogens is 1. The van der Waals surface area contributed by atoms with Gasteiger partial charge >= 0.3 is 0 Å². The van der Waals surface area contributed by atoms with Crippen molar-refractivity contribution in [1.29, 1.82) is 0 Å². The van der Waals surface area contributed by atoms with E-state index in [0.717, 1.165) is 18.8 Å². The van der Waals surface area contributed by atoms with E-state index in [-0.39, 0.29) is 0 Å². The highest BCUT2D eigenvalue weighted by Crippen LogP contribution is 2.41. The maximum Gasteiger partial charge on any atom is 0.110 e. The summed E-state index contributed by atoms with van der Waals surface area (Å²) in [7, 11) is 0. The quantitative estimate of drug-likeness (QED) is 0.732. The first-order valence-electron chi connectivity index (χ1n) is 6.07. The summed E-state index contributed by atoms with van der Waals surface area (Å²) in [6, 6.07) is 1.03. The molecular formula is C13H20N2S. The lowest BCUT2D eigenvalue weighted by Gasteiger charge is -2.21. The van der Waals surface area contributed by atoms with Crippen LogP contribution in [0.2, 0.25) is 0 Å². The largest absolute Gasteiger partial charge is 0.305 e. The van der Waals surface area contributed by atoms with E-state index in [1.807, 2.05) is 12.3 Å². The van der Waals surface area contributed by atoms with Crippen molar-refractivity contribution in [3.63, 3.8) is 0 Å². The van der Waals surface area contributed by atoms with Crippen molar-refractivity contribution in [2.24, 2.45) is 5.92 Å². The summed E-state index contributed by atoms with van der Waals surface area (Å²) in [5, 5.41) is 7.04. The fourth-order valence-corrected chi connectivity index (χ4v) is 2.77. The Morgan fingerprint density at radius 1 is 1.69 bits per heavy atom. The predicted octanol–water partition coefficient (Wildman–Crippen LogP) is 3.54. The van der Waals surface area contributed by atoms with Gasteiger partial charge in [0.2, 0.25) is 0 Å². The van der Waals surface area contributed by atoms with Crippen molar-refractivity contribution in [3.05, 3.63) is 29.2 Å². The van der Waals surface area contributed by atoms with Crippen LogP contribution in [0, 0.1) is 5.92 Å². The highest BCUT2D eigenvalue weighted by Gasteiger charge is 2.34. The fraction of sp³-hybridized carbons (Fsp3) is 0.615. The molecule has 0 bridgehead atoms. The van der Waals surface area contributed by atoms with Crippen LogP contribution in [0.1, 0.15) is 43.7 Å². The van der Waals surface area contributed by atoms with Gasteiger partial charge in [0, 0.05) is 17.6 Å². The van der Waals surface area contributed by atoms with Gasteiger partial charge in [0.25, 0.3) is 0 Å². The van der Waals surface area contributed by atoms with E-state index in [0.29, 0.717) is 12.1 Å². The monoisotopic (exact) mass is 236 g/mol. The third-order valence-corrected chi connectivity index (χ3v) is 3.94. The minimum atomic E-state index is 0.486. The second kappa shape index (κ2) is 5.60. The molecular weight excluding hydrogens is 216 g/mol. The van der Waals surface area contributed by atoms with Crippen LogP contribution in [0.5, 0.6) is 0 Å². The molecule has 1 saturated carbocycles. The summed E-state index contributed by atoms with van der Waals surface area (Å²) in [5.74, 6) is 0.817. The summed E-state index contributed by atoms with van der Waals surface area (Å²) in [4.78, 5) is 4.45. The molecule has 16 heavy (non-hydrogen) atoms. The van der Waals surface area contributed by atoms with Crippen LogP contribution in [0.3, 0.4) is 0 Å². The fourth-order valence-electron chi connectivity index (χ4n) is 1.98. The predicted molar refractivity (Wildman–Crippen MR) is 69.6 cm³/mol. The molecule has 0 saturated heterocycles. The molecule has 1 aliphatic rings. The first-order valence-corrected chi connectivity index (χ1v) is 6.95. The van der Waals surface area contributed by atoms with Gasteiger partial charge in [-0.15, -0.1) is 17.9 Å². The maximum absolute atomic E-state index is 4.45. The normalized spacial score (nSPS) is 19.3. The van der Waals surface area contributed by atoms with Crippen LogP contribution in [0.4, 0.5) is 0 Å². The van der Waals surface area contributed by atoms with Crippen LogP contribution < -0.4 is 5.32 Å². The maximum atomic E-state index is 4.45. The molecule has 3 heteroatoms. The van der Waals surface area contributed by atoms with Crippen molar-refractivity contribution in [1.82, 2.24) is 10.3 Å². The SMILES string of the molecule is C=CCCC(C)NC(c1nccs1)C1CC1. The van der Waals surface area contributed by atoms with Gasteiger partial charge in [0.05, 0.1) is 6.04 Å². The highest BCUT2D eigenvalue weighted by atomic mass is 32.1. The van der Waals surface area contributed by atoms with Crippen molar-refractivity contribution >= 4 is 11.3 Å². The molecule has 1 fully saturated rings. The standard InChI is InChI=1S/C13H20N2S/c1-3-4-5-10(2)15-12(11-6-7-11)13-14-8-9-16-13/h3,8-12,15H,1,4-7H2,2H3. The van der Waals surface area contributed by atoms with Gasteiger partial charge in [-0.25, -0.2) is 4.98 Å². The van der Waals surface area contributed by atoms with Gasteiger partial charge in [0.15, 0.2) is 0 Å². The molecule has 88 valence electrons. The zero-order valence-corrected chi connectivity index (χ0v) is 10.7. The van der Waals surface area contributed by atoms with E-state index >= 15 is 0 Å². The summed E-state index contributed by atoms with van der Waals surface area (Å²) in [6.07, 6.45) is 8.86. The molecule has 0 aliphatic heterocycles. The molecule has 0 spiro atoms. The number of allylic oxidation sites excluding steroid dienone is 1. The molecule has 1 aliphatic carbocycles. The number of rotatable bonds is 7. The average Bonchev–Trinajstić information content (AvgIpc) is 2.98. The second-order valence-electron chi connectivity index (χ2n) is 4.62. The molecule has 2 atom stereocenters. The molecule has 2 unspecified atom stereocenters. The lowest BCUT2D eigenvalue weighted by atomic mass is 10.1. The molecule has 1 heterocycles. The smallest absolute Gasteiger partial charge is 0.110 e. The molecule has 1 aromatic heterocycles. The Labute approximate surface area is 102 Å².